The third kappa shape index (κ3) is 4.17. The molecule has 0 bridgehead atoms. The molecule has 1 aromatic rings. The normalized spacial score (nSPS) is 24.0. The number of ether oxygens (including phenoxy) is 2. The van der Waals surface area contributed by atoms with Gasteiger partial charge in [0.1, 0.15) is 6.10 Å². The largest absolute Gasteiger partial charge is 0.338 e. The molecule has 0 aliphatic carbocycles. The molecule has 9 heteroatoms. The molecule has 0 unspecified atom stereocenters. The summed E-state index contributed by atoms with van der Waals surface area (Å²) in [6, 6.07) is 4.92. The fourth-order valence-corrected chi connectivity index (χ4v) is 3.50. The molecular weight excluding hydrogens is 365 g/mol. The lowest BCUT2D eigenvalue weighted by molar-refractivity contribution is -0.180. The minimum atomic E-state index is -3.96. The zero-order valence-electron chi connectivity index (χ0n) is 13.0. The molecule has 0 aromatic heterocycles. The van der Waals surface area contributed by atoms with Gasteiger partial charge in [-0.1, -0.05) is 43.1 Å². The van der Waals surface area contributed by atoms with Crippen molar-refractivity contribution in [1.82, 2.24) is 4.72 Å². The number of rotatable bonds is 6. The number of hydrogen-bond acceptors (Lipinski definition) is 5. The van der Waals surface area contributed by atoms with E-state index in [1.165, 1.54) is 0 Å². The third-order valence-corrected chi connectivity index (χ3v) is 5.31. The van der Waals surface area contributed by atoms with Crippen molar-refractivity contribution >= 4 is 33.5 Å². The van der Waals surface area contributed by atoms with Crippen molar-refractivity contribution in [3.8, 4) is 0 Å². The number of benzene rings is 1. The molecule has 1 aliphatic rings. The summed E-state index contributed by atoms with van der Waals surface area (Å²) in [5.74, 6) is -0.894. The average molecular weight is 384 g/mol. The van der Waals surface area contributed by atoms with E-state index in [0.717, 1.165) is 7.11 Å². The molecule has 1 heterocycles. The molecule has 1 aromatic carbocycles. The standard InChI is InChI=1S/C14H19Cl2NO5S/c1-4-14(5-2)21-12(10-7-6-9(15)8-11(10)16)13(22-14)17-23(18,19)20-3/h6-8,12-13,17H,4-5H2,1-3H3/t12-,13-/m1/s1. The SMILES string of the molecule is CCC1(CC)O[C@@H](NS(=O)(=O)OC)[C@@H](c2ccc(Cl)cc2Cl)O1. The van der Waals surface area contributed by atoms with Crippen LogP contribution in [0.2, 0.25) is 10.0 Å². The molecule has 2 atom stereocenters. The molecule has 1 saturated heterocycles. The molecule has 0 amide bonds. The molecule has 0 saturated carbocycles. The van der Waals surface area contributed by atoms with Crippen molar-refractivity contribution in [2.24, 2.45) is 0 Å². The first-order chi connectivity index (χ1) is 10.8. The van der Waals surface area contributed by atoms with Crippen molar-refractivity contribution in [3.05, 3.63) is 33.8 Å². The maximum atomic E-state index is 11.7. The van der Waals surface area contributed by atoms with Crippen LogP contribution in [-0.2, 0) is 24.0 Å². The molecule has 23 heavy (non-hydrogen) atoms. The van der Waals surface area contributed by atoms with Gasteiger partial charge in [-0.2, -0.15) is 13.1 Å². The lowest BCUT2D eigenvalue weighted by Crippen LogP contribution is -2.40. The maximum absolute atomic E-state index is 11.7. The van der Waals surface area contributed by atoms with E-state index in [1.54, 1.807) is 18.2 Å². The number of nitrogens with one attached hydrogen (secondary N) is 1. The summed E-state index contributed by atoms with van der Waals surface area (Å²) in [5.41, 5.74) is 0.587. The van der Waals surface area contributed by atoms with Gasteiger partial charge in [0, 0.05) is 15.6 Å². The fourth-order valence-electron chi connectivity index (χ4n) is 2.43. The zero-order valence-corrected chi connectivity index (χ0v) is 15.3. The van der Waals surface area contributed by atoms with Crippen molar-refractivity contribution in [2.45, 2.75) is 44.8 Å². The van der Waals surface area contributed by atoms with Gasteiger partial charge in [-0.15, -0.1) is 0 Å². The van der Waals surface area contributed by atoms with Gasteiger partial charge in [0.15, 0.2) is 12.0 Å². The first-order valence-corrected chi connectivity index (χ1v) is 9.30. The van der Waals surface area contributed by atoms with Crippen LogP contribution in [0.25, 0.3) is 0 Å². The van der Waals surface area contributed by atoms with Gasteiger partial charge in [0.05, 0.1) is 7.11 Å². The van der Waals surface area contributed by atoms with E-state index in [-0.39, 0.29) is 0 Å². The minimum Gasteiger partial charge on any atom is -0.338 e. The molecule has 0 radical (unpaired) electrons. The van der Waals surface area contributed by atoms with Crippen molar-refractivity contribution < 1.29 is 22.1 Å². The van der Waals surface area contributed by atoms with Crippen LogP contribution < -0.4 is 4.72 Å². The Morgan fingerprint density at radius 2 is 1.91 bits per heavy atom. The molecule has 1 N–H and O–H groups in total. The topological polar surface area (TPSA) is 73.9 Å². The summed E-state index contributed by atoms with van der Waals surface area (Å²) in [7, 11) is -2.89. The Kier molecular flexibility index (Phi) is 5.94. The van der Waals surface area contributed by atoms with Crippen LogP contribution in [0, 0.1) is 0 Å². The van der Waals surface area contributed by atoms with Crippen LogP contribution in [0.5, 0.6) is 0 Å². The average Bonchev–Trinajstić information content (AvgIpc) is 2.86. The van der Waals surface area contributed by atoms with Crippen LogP contribution in [0.1, 0.15) is 38.4 Å². The van der Waals surface area contributed by atoms with Gasteiger partial charge >= 0.3 is 10.3 Å². The minimum absolute atomic E-state index is 0.371. The molecular formula is C14H19Cl2NO5S. The van der Waals surface area contributed by atoms with Gasteiger partial charge in [-0.05, 0) is 25.0 Å². The highest BCUT2D eigenvalue weighted by atomic mass is 35.5. The fraction of sp³-hybridized carbons (Fsp3) is 0.571. The second kappa shape index (κ2) is 7.23. The van der Waals surface area contributed by atoms with E-state index < -0.39 is 28.4 Å². The van der Waals surface area contributed by atoms with Crippen molar-refractivity contribution in [1.29, 1.82) is 0 Å². The first-order valence-electron chi connectivity index (χ1n) is 7.14. The van der Waals surface area contributed by atoms with E-state index in [1.807, 2.05) is 13.8 Å². The Hall–Kier alpha value is -0.410. The van der Waals surface area contributed by atoms with E-state index in [4.69, 9.17) is 32.7 Å². The molecule has 1 aliphatic heterocycles. The van der Waals surface area contributed by atoms with Crippen LogP contribution in [-0.4, -0.2) is 27.5 Å². The quantitative estimate of drug-likeness (QED) is 0.814. The summed E-state index contributed by atoms with van der Waals surface area (Å²) in [4.78, 5) is 0. The Bertz CT molecular complexity index is 663. The van der Waals surface area contributed by atoms with E-state index >= 15 is 0 Å². The van der Waals surface area contributed by atoms with E-state index in [0.29, 0.717) is 28.5 Å². The van der Waals surface area contributed by atoms with Gasteiger partial charge in [-0.25, -0.2) is 0 Å². The predicted octanol–water partition coefficient (Wildman–Crippen LogP) is 3.40. The summed E-state index contributed by atoms with van der Waals surface area (Å²) in [5, 5.41) is 0.847. The lowest BCUT2D eigenvalue weighted by atomic mass is 10.1. The van der Waals surface area contributed by atoms with Crippen molar-refractivity contribution in [3.63, 3.8) is 0 Å². The van der Waals surface area contributed by atoms with Crippen LogP contribution in [0.15, 0.2) is 18.2 Å². The summed E-state index contributed by atoms with van der Waals surface area (Å²) in [6.07, 6.45) is -0.574. The zero-order chi connectivity index (χ0) is 17.3. The Morgan fingerprint density at radius 3 is 2.43 bits per heavy atom. The monoisotopic (exact) mass is 383 g/mol. The number of hydrogen-bond donors (Lipinski definition) is 1. The summed E-state index contributed by atoms with van der Waals surface area (Å²) >= 11 is 12.1. The molecule has 6 nitrogen and oxygen atoms in total. The molecule has 2 rings (SSSR count). The number of halogens is 2. The summed E-state index contributed by atoms with van der Waals surface area (Å²) < 4.78 is 42.1. The summed E-state index contributed by atoms with van der Waals surface area (Å²) in [6.45, 7) is 3.80. The predicted molar refractivity (Wildman–Crippen MR) is 87.5 cm³/mol. The Balaban J connectivity index is 2.40. The van der Waals surface area contributed by atoms with Gasteiger partial charge in [0.2, 0.25) is 0 Å². The van der Waals surface area contributed by atoms with E-state index in [2.05, 4.69) is 8.91 Å². The first kappa shape index (κ1) is 18.9. The second-order valence-electron chi connectivity index (χ2n) is 5.10. The van der Waals surface area contributed by atoms with Crippen LogP contribution >= 0.6 is 23.2 Å². The second-order valence-corrected chi connectivity index (χ2v) is 7.42. The van der Waals surface area contributed by atoms with Gasteiger partial charge in [0.25, 0.3) is 0 Å². The molecule has 0 spiro atoms. The highest BCUT2D eigenvalue weighted by Gasteiger charge is 2.48. The van der Waals surface area contributed by atoms with E-state index in [9.17, 15) is 8.42 Å². The molecule has 130 valence electrons. The highest BCUT2D eigenvalue weighted by molar-refractivity contribution is 7.84. The smallest absolute Gasteiger partial charge is 0.337 e. The Morgan fingerprint density at radius 1 is 1.26 bits per heavy atom. The van der Waals surface area contributed by atoms with Crippen molar-refractivity contribution in [2.75, 3.05) is 7.11 Å². The maximum Gasteiger partial charge on any atom is 0.337 e. The van der Waals surface area contributed by atoms with Crippen LogP contribution in [0.4, 0.5) is 0 Å². The third-order valence-electron chi connectivity index (χ3n) is 3.78. The highest BCUT2D eigenvalue weighted by Crippen LogP contribution is 2.43. The van der Waals surface area contributed by atoms with Gasteiger partial charge < -0.3 is 9.47 Å². The van der Waals surface area contributed by atoms with Crippen LogP contribution in [0.3, 0.4) is 0 Å². The van der Waals surface area contributed by atoms with Gasteiger partial charge in [-0.3, -0.25) is 4.18 Å². The molecule has 1 fully saturated rings. The lowest BCUT2D eigenvalue weighted by Gasteiger charge is -2.25. The Labute approximate surface area is 146 Å².